The minimum atomic E-state index is -0.0168. The largest absolute Gasteiger partial charge is 0.327 e. The van der Waals surface area contributed by atoms with Gasteiger partial charge < -0.3 is 10.6 Å². The lowest BCUT2D eigenvalue weighted by atomic mass is 9.72. The summed E-state index contributed by atoms with van der Waals surface area (Å²) in [7, 11) is 0. The highest BCUT2D eigenvalue weighted by Crippen LogP contribution is 2.46. The minimum absolute atomic E-state index is 0.0168. The van der Waals surface area contributed by atoms with Crippen LogP contribution < -0.4 is 5.73 Å². The molecule has 0 aromatic heterocycles. The van der Waals surface area contributed by atoms with Gasteiger partial charge in [0.15, 0.2) is 0 Å². The summed E-state index contributed by atoms with van der Waals surface area (Å²) < 4.78 is 0. The number of amides is 1. The van der Waals surface area contributed by atoms with E-state index in [1.807, 2.05) is 4.90 Å². The SMILES string of the molecule is CC1CC2(CCCCC2)C(=O)N1CN. The van der Waals surface area contributed by atoms with Gasteiger partial charge in [0.05, 0.1) is 12.1 Å². The van der Waals surface area contributed by atoms with Gasteiger partial charge in [-0.25, -0.2) is 0 Å². The zero-order chi connectivity index (χ0) is 10.2. The molecular formula is C11H20N2O. The molecule has 3 nitrogen and oxygen atoms in total. The van der Waals surface area contributed by atoms with Crippen molar-refractivity contribution in [2.24, 2.45) is 11.1 Å². The summed E-state index contributed by atoms with van der Waals surface area (Å²) in [6.07, 6.45) is 6.95. The molecule has 2 N–H and O–H groups in total. The summed E-state index contributed by atoms with van der Waals surface area (Å²) in [6.45, 7) is 2.51. The molecule has 0 bridgehead atoms. The smallest absolute Gasteiger partial charge is 0.230 e. The van der Waals surface area contributed by atoms with Crippen molar-refractivity contribution >= 4 is 5.91 Å². The van der Waals surface area contributed by atoms with Crippen molar-refractivity contribution in [3.63, 3.8) is 0 Å². The van der Waals surface area contributed by atoms with Crippen molar-refractivity contribution in [2.45, 2.75) is 51.5 Å². The number of nitrogens with two attached hydrogens (primary N) is 1. The zero-order valence-corrected chi connectivity index (χ0v) is 8.96. The van der Waals surface area contributed by atoms with E-state index in [2.05, 4.69) is 6.92 Å². The van der Waals surface area contributed by atoms with E-state index in [9.17, 15) is 4.79 Å². The lowest BCUT2D eigenvalue weighted by Gasteiger charge is -2.31. The van der Waals surface area contributed by atoms with Crippen molar-refractivity contribution in [1.29, 1.82) is 0 Å². The van der Waals surface area contributed by atoms with E-state index in [4.69, 9.17) is 5.73 Å². The average Bonchev–Trinajstić information content (AvgIpc) is 2.40. The van der Waals surface area contributed by atoms with Crippen LogP contribution >= 0.6 is 0 Å². The molecule has 1 spiro atoms. The van der Waals surface area contributed by atoms with Crippen LogP contribution in [0.3, 0.4) is 0 Å². The first-order chi connectivity index (χ1) is 6.69. The van der Waals surface area contributed by atoms with Crippen molar-refractivity contribution < 1.29 is 4.79 Å². The monoisotopic (exact) mass is 196 g/mol. The van der Waals surface area contributed by atoms with E-state index in [0.29, 0.717) is 18.6 Å². The first-order valence-corrected chi connectivity index (χ1v) is 5.71. The van der Waals surface area contributed by atoms with Gasteiger partial charge in [0, 0.05) is 6.04 Å². The molecule has 1 saturated heterocycles. The summed E-state index contributed by atoms with van der Waals surface area (Å²) >= 11 is 0. The van der Waals surface area contributed by atoms with Gasteiger partial charge in [-0.3, -0.25) is 4.79 Å². The number of hydrogen-bond donors (Lipinski definition) is 1. The third-order valence-corrected chi connectivity index (χ3v) is 3.94. The van der Waals surface area contributed by atoms with Gasteiger partial charge in [-0.15, -0.1) is 0 Å². The fourth-order valence-corrected chi connectivity index (χ4v) is 3.18. The van der Waals surface area contributed by atoms with Crippen LogP contribution in [-0.2, 0) is 4.79 Å². The standard InChI is InChI=1S/C11H20N2O/c1-9-7-11(5-3-2-4-6-11)10(14)13(9)8-12/h9H,2-8,12H2,1H3. The third-order valence-electron chi connectivity index (χ3n) is 3.94. The van der Waals surface area contributed by atoms with E-state index in [1.54, 1.807) is 0 Å². The Kier molecular flexibility index (Phi) is 2.52. The number of carbonyl (C=O) groups is 1. The minimum Gasteiger partial charge on any atom is -0.327 e. The Balaban J connectivity index is 2.17. The Morgan fingerprint density at radius 3 is 2.57 bits per heavy atom. The van der Waals surface area contributed by atoms with Gasteiger partial charge >= 0.3 is 0 Å². The van der Waals surface area contributed by atoms with Crippen LogP contribution in [-0.4, -0.2) is 23.5 Å². The molecular weight excluding hydrogens is 176 g/mol. The molecule has 2 rings (SSSR count). The molecule has 1 heterocycles. The lowest BCUT2D eigenvalue weighted by Crippen LogP contribution is -2.40. The quantitative estimate of drug-likeness (QED) is 0.690. The Hall–Kier alpha value is -0.570. The Labute approximate surface area is 85.6 Å². The van der Waals surface area contributed by atoms with Crippen LogP contribution in [0.2, 0.25) is 0 Å². The van der Waals surface area contributed by atoms with Crippen molar-refractivity contribution in [3.05, 3.63) is 0 Å². The van der Waals surface area contributed by atoms with E-state index in [-0.39, 0.29) is 5.41 Å². The second-order valence-corrected chi connectivity index (χ2v) is 4.85. The maximum atomic E-state index is 12.2. The van der Waals surface area contributed by atoms with Crippen LogP contribution in [0.15, 0.2) is 0 Å². The summed E-state index contributed by atoms with van der Waals surface area (Å²) in [4.78, 5) is 14.0. The van der Waals surface area contributed by atoms with Crippen LogP contribution in [0.1, 0.15) is 45.4 Å². The van der Waals surface area contributed by atoms with Gasteiger partial charge in [-0.05, 0) is 26.2 Å². The molecule has 3 heteroatoms. The van der Waals surface area contributed by atoms with Crippen LogP contribution in [0, 0.1) is 5.41 Å². The van der Waals surface area contributed by atoms with Crippen LogP contribution in [0.4, 0.5) is 0 Å². The second-order valence-electron chi connectivity index (χ2n) is 4.85. The molecule has 1 amide bonds. The molecule has 14 heavy (non-hydrogen) atoms. The fourth-order valence-electron chi connectivity index (χ4n) is 3.18. The molecule has 0 aromatic carbocycles. The van der Waals surface area contributed by atoms with Gasteiger partial charge in [0.25, 0.3) is 0 Å². The number of nitrogens with zero attached hydrogens (tertiary/aromatic N) is 1. The van der Waals surface area contributed by atoms with E-state index >= 15 is 0 Å². The average molecular weight is 196 g/mol. The molecule has 0 aromatic rings. The van der Waals surface area contributed by atoms with Crippen molar-refractivity contribution in [1.82, 2.24) is 4.90 Å². The molecule has 2 aliphatic rings. The fraction of sp³-hybridized carbons (Fsp3) is 0.909. The normalized spacial score (nSPS) is 31.4. The number of likely N-dealkylation sites (tertiary alicyclic amines) is 1. The van der Waals surface area contributed by atoms with Gasteiger partial charge in [-0.2, -0.15) is 0 Å². The molecule has 1 unspecified atom stereocenters. The predicted molar refractivity (Wildman–Crippen MR) is 55.5 cm³/mol. The molecule has 1 aliphatic carbocycles. The Bertz CT molecular complexity index is 233. The summed E-state index contributed by atoms with van der Waals surface area (Å²) in [5.41, 5.74) is 5.59. The van der Waals surface area contributed by atoms with Crippen molar-refractivity contribution in [2.75, 3.05) is 6.67 Å². The predicted octanol–water partition coefficient (Wildman–Crippen LogP) is 1.47. The van der Waals surface area contributed by atoms with Crippen LogP contribution in [0.5, 0.6) is 0 Å². The van der Waals surface area contributed by atoms with Gasteiger partial charge in [0.1, 0.15) is 0 Å². The molecule has 1 saturated carbocycles. The number of carbonyl (C=O) groups excluding carboxylic acids is 1. The van der Waals surface area contributed by atoms with E-state index in [0.717, 1.165) is 19.3 Å². The Morgan fingerprint density at radius 1 is 1.43 bits per heavy atom. The molecule has 2 fully saturated rings. The first kappa shape index (κ1) is 9.97. The molecule has 0 radical (unpaired) electrons. The maximum absolute atomic E-state index is 12.2. The highest BCUT2D eigenvalue weighted by molar-refractivity contribution is 5.85. The maximum Gasteiger partial charge on any atom is 0.230 e. The lowest BCUT2D eigenvalue weighted by molar-refractivity contribution is -0.138. The van der Waals surface area contributed by atoms with Crippen LogP contribution in [0.25, 0.3) is 0 Å². The zero-order valence-electron chi connectivity index (χ0n) is 8.96. The second kappa shape index (κ2) is 3.54. The highest BCUT2D eigenvalue weighted by Gasteiger charge is 2.49. The third kappa shape index (κ3) is 1.34. The molecule has 80 valence electrons. The highest BCUT2D eigenvalue weighted by atomic mass is 16.2. The number of hydrogen-bond acceptors (Lipinski definition) is 2. The number of rotatable bonds is 1. The Morgan fingerprint density at radius 2 is 2.07 bits per heavy atom. The summed E-state index contributed by atoms with van der Waals surface area (Å²) in [5.74, 6) is 0.326. The summed E-state index contributed by atoms with van der Waals surface area (Å²) in [5, 5.41) is 0. The van der Waals surface area contributed by atoms with Gasteiger partial charge in [-0.1, -0.05) is 19.3 Å². The first-order valence-electron chi connectivity index (χ1n) is 5.71. The molecule has 1 aliphatic heterocycles. The topological polar surface area (TPSA) is 46.3 Å². The van der Waals surface area contributed by atoms with E-state index < -0.39 is 0 Å². The van der Waals surface area contributed by atoms with Crippen molar-refractivity contribution in [3.8, 4) is 0 Å². The van der Waals surface area contributed by atoms with Gasteiger partial charge in [0.2, 0.25) is 5.91 Å². The molecule has 1 atom stereocenters. The van der Waals surface area contributed by atoms with E-state index in [1.165, 1.54) is 19.3 Å². The summed E-state index contributed by atoms with van der Waals surface area (Å²) in [6, 6.07) is 0.352.